The van der Waals surface area contributed by atoms with Crippen LogP contribution < -0.4 is 9.30 Å². The van der Waals surface area contributed by atoms with Crippen molar-refractivity contribution in [1.82, 2.24) is 14.1 Å². The predicted octanol–water partition coefficient (Wildman–Crippen LogP) is 17.0. The van der Waals surface area contributed by atoms with Gasteiger partial charge in [-0.25, -0.2) is 4.98 Å². The minimum atomic E-state index is -0.416. The van der Waals surface area contributed by atoms with Gasteiger partial charge in [0.05, 0.1) is 28.1 Å². The smallest absolute Gasteiger partial charge is 0.269 e. The lowest BCUT2D eigenvalue weighted by Gasteiger charge is -2.29. The summed E-state index contributed by atoms with van der Waals surface area (Å²) in [6.07, 6.45) is 8.15. The van der Waals surface area contributed by atoms with Crippen LogP contribution in [0.5, 0.6) is 11.5 Å². The number of rotatable bonds is 10. The Morgan fingerprint density at radius 3 is 1.66 bits per heavy atom. The van der Waals surface area contributed by atoms with Crippen molar-refractivity contribution in [2.24, 2.45) is 0 Å². The minimum absolute atomic E-state index is 0.0513. The number of ether oxygens (including phenoxy) is 1. The van der Waals surface area contributed by atoms with Gasteiger partial charge in [0.1, 0.15) is 17.3 Å². The Kier molecular flexibility index (Phi) is 12.2. The average molecular weight is 959 g/mol. The van der Waals surface area contributed by atoms with Crippen LogP contribution in [0.1, 0.15) is 129 Å². The minimum Gasteiger partial charge on any atom is -0.458 e. The zero-order valence-corrected chi connectivity index (χ0v) is 45.1. The number of nitrogens with zero attached hydrogens (tertiary/aromatic N) is 4. The van der Waals surface area contributed by atoms with E-state index in [1.165, 1.54) is 38.9 Å². The fraction of sp³-hybridized carbons (Fsp3) is 0.265. The maximum Gasteiger partial charge on any atom is 0.269 e. The van der Waals surface area contributed by atoms with Gasteiger partial charge in [0.2, 0.25) is 0 Å². The van der Waals surface area contributed by atoms with Crippen LogP contribution in [0.4, 0.5) is 0 Å². The first kappa shape index (κ1) is 49.1. The largest absolute Gasteiger partial charge is 0.458 e. The monoisotopic (exact) mass is 959 g/mol. The van der Waals surface area contributed by atoms with E-state index in [1.807, 2.05) is 6.20 Å². The molecule has 0 saturated carbocycles. The summed E-state index contributed by atoms with van der Waals surface area (Å²) < 4.78 is 14.0. The summed E-state index contributed by atoms with van der Waals surface area (Å²) in [4.78, 5) is 5.02. The fourth-order valence-corrected chi connectivity index (χ4v) is 10.2. The van der Waals surface area contributed by atoms with Gasteiger partial charge >= 0.3 is 0 Å². The zero-order chi connectivity index (χ0) is 51.7. The first-order chi connectivity index (χ1) is 34.6. The molecule has 368 valence electrons. The van der Waals surface area contributed by atoms with Crippen LogP contribution in [0.3, 0.4) is 0 Å². The first-order valence-electron chi connectivity index (χ1n) is 25.8. The highest BCUT2D eigenvalue weighted by Gasteiger charge is 2.32. The molecule has 10 aromatic rings. The first-order valence-corrected chi connectivity index (χ1v) is 25.8. The standard InChI is InChI=1S/C68H70N4O/c1-64(2,3)50-33-34-69-63(41-50)72-60-32-29-47(46-23-17-14-18-24-46)35-59(60)58-31-30-56(43-61(58)72)73-57-40-53(67(10,11)48-25-19-15-20-26-48)39-55(42-57)71-45-70(44-62(71)68(12,13)49-27-21-16-22-28-49)54-37-51(65(4,5)6)36-52(38-54)66(7,8)9/h14-44H,1-13H3. The van der Waals surface area contributed by atoms with Crippen LogP contribution in [-0.4, -0.2) is 14.1 Å². The number of hydrogen-bond donors (Lipinski definition) is 0. The Morgan fingerprint density at radius 2 is 1.04 bits per heavy atom. The van der Waals surface area contributed by atoms with E-state index in [0.717, 1.165) is 61.8 Å². The highest BCUT2D eigenvalue weighted by Crippen LogP contribution is 2.42. The molecule has 0 N–H and O–H groups in total. The van der Waals surface area contributed by atoms with Gasteiger partial charge in [0.15, 0.2) is 0 Å². The molecule has 0 bridgehead atoms. The van der Waals surface area contributed by atoms with Crippen LogP contribution >= 0.6 is 0 Å². The molecule has 0 spiro atoms. The molecule has 0 saturated heterocycles. The topological polar surface area (TPSA) is 35.9 Å². The van der Waals surface area contributed by atoms with E-state index in [2.05, 4.69) is 292 Å². The maximum atomic E-state index is 7.22. The lowest BCUT2D eigenvalue weighted by Crippen LogP contribution is -2.30. The van der Waals surface area contributed by atoms with E-state index >= 15 is 0 Å². The van der Waals surface area contributed by atoms with Crippen molar-refractivity contribution in [2.75, 3.05) is 0 Å². The van der Waals surface area contributed by atoms with Crippen molar-refractivity contribution in [1.29, 1.82) is 0 Å². The second-order valence-corrected chi connectivity index (χ2v) is 24.2. The molecule has 5 nitrogen and oxygen atoms in total. The molecule has 10 rings (SSSR count). The molecule has 0 aliphatic rings. The second-order valence-electron chi connectivity index (χ2n) is 24.2. The molecule has 3 heterocycles. The molecule has 0 amide bonds. The SMILES string of the molecule is CC(C)(C)c1cc(-[n+]2[c-]n(-c3cc(Oc4ccc5c6cc(-c7ccccc7)ccc6n(-c6cc(C(C)(C)C)ccn6)c5c4)cc(C(C)(C)c4ccccc4)c3)c(C(C)(C)c3ccccc3)c2)cc(C(C)(C)C)c1. The molecule has 0 radical (unpaired) electrons. The highest BCUT2D eigenvalue weighted by atomic mass is 16.5. The lowest BCUT2D eigenvalue weighted by atomic mass is 9.78. The molecule has 73 heavy (non-hydrogen) atoms. The summed E-state index contributed by atoms with van der Waals surface area (Å²) in [6.45, 7) is 29.8. The molecular weight excluding hydrogens is 889 g/mol. The van der Waals surface area contributed by atoms with E-state index in [9.17, 15) is 0 Å². The van der Waals surface area contributed by atoms with Crippen LogP contribution in [0.2, 0.25) is 0 Å². The summed E-state index contributed by atoms with van der Waals surface area (Å²) in [5.74, 6) is 2.34. The van der Waals surface area contributed by atoms with Crippen molar-refractivity contribution >= 4 is 21.8 Å². The number of aromatic nitrogens is 4. The van der Waals surface area contributed by atoms with Crippen LogP contribution in [0.15, 0.2) is 188 Å². The summed E-state index contributed by atoms with van der Waals surface area (Å²) in [5.41, 5.74) is 14.0. The van der Waals surface area contributed by atoms with Crippen molar-refractivity contribution in [2.45, 2.75) is 117 Å². The zero-order valence-electron chi connectivity index (χ0n) is 45.1. The van der Waals surface area contributed by atoms with Gasteiger partial charge in [-0.1, -0.05) is 193 Å². The molecule has 0 fully saturated rings. The van der Waals surface area contributed by atoms with Crippen LogP contribution in [0, 0.1) is 6.33 Å². The summed E-state index contributed by atoms with van der Waals surface area (Å²) in [5, 5.41) is 2.29. The normalized spacial score (nSPS) is 12.7. The molecule has 0 unspecified atom stereocenters. The number of hydrogen-bond acceptors (Lipinski definition) is 2. The maximum absolute atomic E-state index is 7.22. The van der Waals surface area contributed by atoms with Gasteiger partial charge in [-0.15, -0.1) is 0 Å². The van der Waals surface area contributed by atoms with Gasteiger partial charge in [-0.3, -0.25) is 13.7 Å². The molecule has 7 aromatic carbocycles. The van der Waals surface area contributed by atoms with Gasteiger partial charge in [0, 0.05) is 40.1 Å². The van der Waals surface area contributed by atoms with Gasteiger partial charge in [-0.05, 0) is 127 Å². The average Bonchev–Trinajstić information content (AvgIpc) is 3.97. The van der Waals surface area contributed by atoms with E-state index in [0.29, 0.717) is 0 Å². The fourth-order valence-electron chi connectivity index (χ4n) is 10.2. The Morgan fingerprint density at radius 1 is 0.438 bits per heavy atom. The molecular formula is C68H70N4O. The summed E-state index contributed by atoms with van der Waals surface area (Å²) in [6, 6.07) is 63.7. The van der Waals surface area contributed by atoms with Crippen molar-refractivity contribution in [3.8, 4) is 39.8 Å². The summed E-state index contributed by atoms with van der Waals surface area (Å²) in [7, 11) is 0. The summed E-state index contributed by atoms with van der Waals surface area (Å²) >= 11 is 0. The Balaban J connectivity index is 1.18. The highest BCUT2D eigenvalue weighted by molar-refractivity contribution is 6.10. The number of pyridine rings is 1. The molecule has 5 heteroatoms. The van der Waals surface area contributed by atoms with Crippen molar-refractivity contribution < 1.29 is 9.30 Å². The Hall–Kier alpha value is -7.50. The van der Waals surface area contributed by atoms with Gasteiger partial charge in [-0.2, -0.15) is 0 Å². The molecule has 0 atom stereocenters. The van der Waals surface area contributed by atoms with E-state index in [1.54, 1.807) is 0 Å². The third kappa shape index (κ3) is 9.54. The molecule has 0 aliphatic heterocycles. The number of fused-ring (bicyclic) bond motifs is 3. The number of benzene rings is 7. The predicted molar refractivity (Wildman–Crippen MR) is 303 cm³/mol. The second kappa shape index (κ2) is 18.2. The Labute approximate surface area is 433 Å². The van der Waals surface area contributed by atoms with Gasteiger partial charge in [0.25, 0.3) is 6.33 Å². The number of imidazole rings is 1. The third-order valence-corrected chi connectivity index (χ3v) is 15.1. The van der Waals surface area contributed by atoms with E-state index < -0.39 is 5.41 Å². The molecule has 3 aromatic heterocycles. The van der Waals surface area contributed by atoms with E-state index in [-0.39, 0.29) is 21.7 Å². The molecule has 0 aliphatic carbocycles. The van der Waals surface area contributed by atoms with Gasteiger partial charge < -0.3 is 4.74 Å². The van der Waals surface area contributed by atoms with Crippen molar-refractivity contribution in [3.63, 3.8) is 0 Å². The van der Waals surface area contributed by atoms with Crippen molar-refractivity contribution in [3.05, 3.63) is 234 Å². The quantitative estimate of drug-likeness (QED) is 0.101. The Bertz CT molecular complexity index is 3600. The van der Waals surface area contributed by atoms with Crippen LogP contribution in [-0.2, 0) is 27.1 Å². The third-order valence-electron chi connectivity index (χ3n) is 15.1. The van der Waals surface area contributed by atoms with Crippen LogP contribution in [0.25, 0.3) is 50.1 Å². The van der Waals surface area contributed by atoms with E-state index in [4.69, 9.17) is 9.72 Å². The lowest BCUT2D eigenvalue weighted by molar-refractivity contribution is -0.599.